The Balaban J connectivity index is 3.12. The van der Waals surface area contributed by atoms with E-state index in [1.807, 2.05) is 39.0 Å². The number of hydrogen-bond donors (Lipinski definition) is 2. The molecule has 0 aliphatic heterocycles. The summed E-state index contributed by atoms with van der Waals surface area (Å²) in [5.74, 6) is 0. The minimum absolute atomic E-state index is 0.222. The molecule has 0 heterocycles. The standard InChI is InChI=1S/C11H17NO/c1-7-5-4-6-8(2)10(7)11(13)9(3)12/h4-6,9,11,13H,12H2,1-3H3/t9-,11+/m0/s1. The maximum atomic E-state index is 9.83. The van der Waals surface area contributed by atoms with Crippen LogP contribution in [0.5, 0.6) is 0 Å². The molecule has 72 valence electrons. The average molecular weight is 179 g/mol. The third kappa shape index (κ3) is 2.08. The van der Waals surface area contributed by atoms with Gasteiger partial charge in [0.15, 0.2) is 0 Å². The van der Waals surface area contributed by atoms with Gasteiger partial charge in [-0.05, 0) is 37.5 Å². The van der Waals surface area contributed by atoms with Gasteiger partial charge < -0.3 is 10.8 Å². The highest BCUT2D eigenvalue weighted by Gasteiger charge is 2.16. The molecule has 1 aromatic rings. The largest absolute Gasteiger partial charge is 0.387 e. The summed E-state index contributed by atoms with van der Waals surface area (Å²) in [6, 6.07) is 5.75. The second kappa shape index (κ2) is 3.90. The lowest BCUT2D eigenvalue weighted by Gasteiger charge is -2.19. The van der Waals surface area contributed by atoms with Crippen molar-refractivity contribution in [3.63, 3.8) is 0 Å². The molecule has 0 aromatic heterocycles. The van der Waals surface area contributed by atoms with Gasteiger partial charge in [-0.15, -0.1) is 0 Å². The molecule has 0 fully saturated rings. The third-order valence-electron chi connectivity index (χ3n) is 2.34. The molecule has 0 unspecified atom stereocenters. The van der Waals surface area contributed by atoms with E-state index in [0.717, 1.165) is 16.7 Å². The maximum absolute atomic E-state index is 9.83. The molecule has 0 saturated heterocycles. The van der Waals surface area contributed by atoms with Crippen LogP contribution in [0.1, 0.15) is 29.7 Å². The van der Waals surface area contributed by atoms with Crippen molar-refractivity contribution in [2.24, 2.45) is 5.73 Å². The van der Waals surface area contributed by atoms with E-state index in [-0.39, 0.29) is 6.04 Å². The fourth-order valence-corrected chi connectivity index (χ4v) is 1.56. The first kappa shape index (κ1) is 10.2. The summed E-state index contributed by atoms with van der Waals surface area (Å²) in [5, 5.41) is 9.83. The molecular weight excluding hydrogens is 162 g/mol. The van der Waals surface area contributed by atoms with Crippen molar-refractivity contribution in [2.45, 2.75) is 32.9 Å². The SMILES string of the molecule is Cc1cccc(C)c1[C@H](O)[C@H](C)N. The first-order valence-corrected chi connectivity index (χ1v) is 4.53. The third-order valence-corrected chi connectivity index (χ3v) is 2.34. The highest BCUT2D eigenvalue weighted by Crippen LogP contribution is 2.23. The first-order chi connectivity index (χ1) is 6.04. The van der Waals surface area contributed by atoms with E-state index >= 15 is 0 Å². The average Bonchev–Trinajstić information content (AvgIpc) is 2.03. The van der Waals surface area contributed by atoms with E-state index in [4.69, 9.17) is 5.73 Å². The molecule has 1 rings (SSSR count). The molecule has 0 saturated carbocycles. The van der Waals surface area contributed by atoms with E-state index in [1.54, 1.807) is 0 Å². The van der Waals surface area contributed by atoms with Crippen molar-refractivity contribution < 1.29 is 5.11 Å². The topological polar surface area (TPSA) is 46.2 Å². The summed E-state index contributed by atoms with van der Waals surface area (Å²) in [7, 11) is 0. The van der Waals surface area contributed by atoms with Gasteiger partial charge in [0.25, 0.3) is 0 Å². The summed E-state index contributed by atoms with van der Waals surface area (Å²) in [6.07, 6.45) is -0.554. The van der Waals surface area contributed by atoms with Crippen LogP contribution in [0.4, 0.5) is 0 Å². The van der Waals surface area contributed by atoms with Gasteiger partial charge in [0.1, 0.15) is 0 Å². The normalized spacial score (nSPS) is 15.5. The lowest BCUT2D eigenvalue weighted by atomic mass is 9.95. The fraction of sp³-hybridized carbons (Fsp3) is 0.455. The Hall–Kier alpha value is -0.860. The number of nitrogens with two attached hydrogens (primary N) is 1. The van der Waals surface area contributed by atoms with Crippen molar-refractivity contribution in [3.05, 3.63) is 34.9 Å². The van der Waals surface area contributed by atoms with Gasteiger partial charge >= 0.3 is 0 Å². The smallest absolute Gasteiger partial charge is 0.0943 e. The number of benzene rings is 1. The van der Waals surface area contributed by atoms with E-state index in [1.165, 1.54) is 0 Å². The van der Waals surface area contributed by atoms with Gasteiger partial charge in [0.05, 0.1) is 6.10 Å². The Kier molecular flexibility index (Phi) is 3.07. The zero-order valence-corrected chi connectivity index (χ0v) is 8.41. The first-order valence-electron chi connectivity index (χ1n) is 4.53. The maximum Gasteiger partial charge on any atom is 0.0943 e. The van der Waals surface area contributed by atoms with Gasteiger partial charge in [-0.2, -0.15) is 0 Å². The predicted molar refractivity (Wildman–Crippen MR) is 54.5 cm³/mol. The van der Waals surface area contributed by atoms with Crippen LogP contribution in [-0.4, -0.2) is 11.1 Å². The molecule has 0 radical (unpaired) electrons. The van der Waals surface area contributed by atoms with Crippen LogP contribution >= 0.6 is 0 Å². The van der Waals surface area contributed by atoms with Crippen LogP contribution in [-0.2, 0) is 0 Å². The Morgan fingerprint density at radius 2 is 1.69 bits per heavy atom. The Morgan fingerprint density at radius 3 is 2.08 bits per heavy atom. The molecule has 0 amide bonds. The predicted octanol–water partition coefficient (Wildman–Crippen LogP) is 1.68. The molecular formula is C11H17NO. The highest BCUT2D eigenvalue weighted by atomic mass is 16.3. The van der Waals surface area contributed by atoms with E-state index in [0.29, 0.717) is 0 Å². The lowest BCUT2D eigenvalue weighted by molar-refractivity contribution is 0.152. The number of rotatable bonds is 2. The second-order valence-electron chi connectivity index (χ2n) is 3.61. The van der Waals surface area contributed by atoms with Crippen molar-refractivity contribution in [3.8, 4) is 0 Å². The van der Waals surface area contributed by atoms with Gasteiger partial charge in [0, 0.05) is 6.04 Å². The number of aliphatic hydroxyl groups is 1. The van der Waals surface area contributed by atoms with E-state index < -0.39 is 6.10 Å². The minimum atomic E-state index is -0.554. The van der Waals surface area contributed by atoms with Gasteiger partial charge in [-0.25, -0.2) is 0 Å². The van der Waals surface area contributed by atoms with Crippen LogP contribution in [0.2, 0.25) is 0 Å². The minimum Gasteiger partial charge on any atom is -0.387 e. The molecule has 2 nitrogen and oxygen atoms in total. The molecule has 2 heteroatoms. The molecule has 0 spiro atoms. The molecule has 13 heavy (non-hydrogen) atoms. The van der Waals surface area contributed by atoms with Gasteiger partial charge in [-0.1, -0.05) is 18.2 Å². The molecule has 0 bridgehead atoms. The summed E-state index contributed by atoms with van der Waals surface area (Å²) >= 11 is 0. The Bertz CT molecular complexity index is 274. The Labute approximate surface area is 79.4 Å². The highest BCUT2D eigenvalue weighted by molar-refractivity contribution is 5.35. The summed E-state index contributed by atoms with van der Waals surface area (Å²) in [4.78, 5) is 0. The van der Waals surface area contributed by atoms with E-state index in [2.05, 4.69) is 0 Å². The van der Waals surface area contributed by atoms with Crippen LogP contribution in [0.3, 0.4) is 0 Å². The molecule has 0 aliphatic carbocycles. The molecule has 0 aliphatic rings. The van der Waals surface area contributed by atoms with Crippen LogP contribution < -0.4 is 5.73 Å². The zero-order chi connectivity index (χ0) is 10.0. The molecule has 1 aromatic carbocycles. The van der Waals surface area contributed by atoms with Crippen LogP contribution in [0, 0.1) is 13.8 Å². The van der Waals surface area contributed by atoms with Crippen LogP contribution in [0.15, 0.2) is 18.2 Å². The fourth-order valence-electron chi connectivity index (χ4n) is 1.56. The van der Waals surface area contributed by atoms with Crippen molar-refractivity contribution in [1.29, 1.82) is 0 Å². The summed E-state index contributed by atoms with van der Waals surface area (Å²) < 4.78 is 0. The zero-order valence-electron chi connectivity index (χ0n) is 8.41. The van der Waals surface area contributed by atoms with Crippen molar-refractivity contribution >= 4 is 0 Å². The second-order valence-corrected chi connectivity index (χ2v) is 3.61. The van der Waals surface area contributed by atoms with Gasteiger partial charge in [0.2, 0.25) is 0 Å². The molecule has 2 atom stereocenters. The Morgan fingerprint density at radius 1 is 1.23 bits per heavy atom. The van der Waals surface area contributed by atoms with Crippen LogP contribution in [0.25, 0.3) is 0 Å². The van der Waals surface area contributed by atoms with Gasteiger partial charge in [-0.3, -0.25) is 0 Å². The number of aliphatic hydroxyl groups excluding tert-OH is 1. The van der Waals surface area contributed by atoms with Crippen molar-refractivity contribution in [2.75, 3.05) is 0 Å². The number of aryl methyl sites for hydroxylation is 2. The monoisotopic (exact) mass is 179 g/mol. The van der Waals surface area contributed by atoms with E-state index in [9.17, 15) is 5.11 Å². The summed E-state index contributed by atoms with van der Waals surface area (Å²) in [6.45, 7) is 5.80. The van der Waals surface area contributed by atoms with Crippen molar-refractivity contribution in [1.82, 2.24) is 0 Å². The quantitative estimate of drug-likeness (QED) is 0.725. The summed E-state index contributed by atoms with van der Waals surface area (Å²) in [5.41, 5.74) is 8.83. The number of hydrogen-bond acceptors (Lipinski definition) is 2. The lowest BCUT2D eigenvalue weighted by Crippen LogP contribution is -2.25. The molecule has 3 N–H and O–H groups in total.